The molecule has 0 bridgehead atoms. The molecule has 0 aliphatic heterocycles. The SMILES string of the molecule is CCOc1ccc(Cl)c(C(=O)c2c[nH]c(C(=O)Nc3cnn(C)c3)c2)c1F. The number of rotatable bonds is 6. The van der Waals surface area contributed by atoms with Crippen LogP contribution in [0.2, 0.25) is 5.02 Å². The first-order chi connectivity index (χ1) is 12.9. The third-order valence-electron chi connectivity index (χ3n) is 3.74. The van der Waals surface area contributed by atoms with Gasteiger partial charge in [0.1, 0.15) is 5.69 Å². The molecule has 27 heavy (non-hydrogen) atoms. The maximum absolute atomic E-state index is 14.6. The molecule has 0 atom stereocenters. The molecule has 0 saturated carbocycles. The summed E-state index contributed by atoms with van der Waals surface area (Å²) >= 11 is 6.01. The van der Waals surface area contributed by atoms with Gasteiger partial charge in [0.2, 0.25) is 0 Å². The van der Waals surface area contributed by atoms with Crippen LogP contribution in [-0.4, -0.2) is 33.1 Å². The van der Waals surface area contributed by atoms with Gasteiger partial charge < -0.3 is 15.0 Å². The fourth-order valence-electron chi connectivity index (χ4n) is 2.49. The Morgan fingerprint density at radius 1 is 1.41 bits per heavy atom. The molecule has 2 aromatic heterocycles. The van der Waals surface area contributed by atoms with Crippen molar-refractivity contribution >= 4 is 29.0 Å². The van der Waals surface area contributed by atoms with Crippen LogP contribution < -0.4 is 10.1 Å². The van der Waals surface area contributed by atoms with Gasteiger partial charge in [-0.1, -0.05) is 11.6 Å². The molecule has 0 fully saturated rings. The van der Waals surface area contributed by atoms with Crippen molar-refractivity contribution in [1.82, 2.24) is 14.8 Å². The van der Waals surface area contributed by atoms with E-state index in [1.807, 2.05) is 0 Å². The van der Waals surface area contributed by atoms with Gasteiger partial charge in [0.05, 0.1) is 29.1 Å². The van der Waals surface area contributed by atoms with Gasteiger partial charge in [0.25, 0.3) is 5.91 Å². The monoisotopic (exact) mass is 390 g/mol. The van der Waals surface area contributed by atoms with E-state index in [9.17, 15) is 14.0 Å². The predicted molar refractivity (Wildman–Crippen MR) is 98.0 cm³/mol. The molecule has 0 saturated heterocycles. The number of aryl methyl sites for hydroxylation is 1. The van der Waals surface area contributed by atoms with Crippen LogP contribution in [0.4, 0.5) is 10.1 Å². The Kier molecular flexibility index (Phi) is 5.27. The summed E-state index contributed by atoms with van der Waals surface area (Å²) in [5, 5.41) is 6.54. The average Bonchev–Trinajstić information content (AvgIpc) is 3.27. The summed E-state index contributed by atoms with van der Waals surface area (Å²) in [5.41, 5.74) is 0.435. The van der Waals surface area contributed by atoms with Gasteiger partial charge in [-0.15, -0.1) is 0 Å². The molecular formula is C18H16ClFN4O3. The fourth-order valence-corrected chi connectivity index (χ4v) is 2.73. The number of H-pyrrole nitrogens is 1. The van der Waals surface area contributed by atoms with Crippen LogP contribution in [0.15, 0.2) is 36.8 Å². The van der Waals surface area contributed by atoms with Crippen molar-refractivity contribution in [3.63, 3.8) is 0 Å². The lowest BCUT2D eigenvalue weighted by Gasteiger charge is -2.09. The van der Waals surface area contributed by atoms with Crippen molar-refractivity contribution in [3.8, 4) is 5.75 Å². The number of hydrogen-bond donors (Lipinski definition) is 2. The largest absolute Gasteiger partial charge is 0.491 e. The van der Waals surface area contributed by atoms with E-state index in [1.54, 1.807) is 20.2 Å². The van der Waals surface area contributed by atoms with E-state index in [1.165, 1.54) is 35.3 Å². The third kappa shape index (κ3) is 3.85. The molecular weight excluding hydrogens is 375 g/mol. The molecule has 1 aromatic carbocycles. The minimum Gasteiger partial charge on any atom is -0.491 e. The minimum atomic E-state index is -0.836. The number of halogens is 2. The van der Waals surface area contributed by atoms with Crippen molar-refractivity contribution in [2.75, 3.05) is 11.9 Å². The number of ether oxygens (including phenoxy) is 1. The predicted octanol–water partition coefficient (Wildman–Crippen LogP) is 3.42. The maximum Gasteiger partial charge on any atom is 0.272 e. The first-order valence-corrected chi connectivity index (χ1v) is 8.42. The van der Waals surface area contributed by atoms with E-state index in [4.69, 9.17) is 16.3 Å². The van der Waals surface area contributed by atoms with Crippen LogP contribution in [0.3, 0.4) is 0 Å². The lowest BCUT2D eigenvalue weighted by atomic mass is 10.0. The lowest BCUT2D eigenvalue weighted by Crippen LogP contribution is -2.12. The van der Waals surface area contributed by atoms with Crippen LogP contribution in [0.1, 0.15) is 33.3 Å². The number of amides is 1. The molecule has 2 heterocycles. The van der Waals surface area contributed by atoms with Crippen LogP contribution >= 0.6 is 11.6 Å². The van der Waals surface area contributed by atoms with Gasteiger partial charge in [-0.2, -0.15) is 5.10 Å². The zero-order valence-corrected chi connectivity index (χ0v) is 15.3. The van der Waals surface area contributed by atoms with Crippen LogP contribution in [0.25, 0.3) is 0 Å². The van der Waals surface area contributed by atoms with Crippen molar-refractivity contribution in [1.29, 1.82) is 0 Å². The Balaban J connectivity index is 1.85. The minimum absolute atomic E-state index is 0.0384. The molecule has 0 aliphatic rings. The van der Waals surface area contributed by atoms with E-state index >= 15 is 0 Å². The fraction of sp³-hybridized carbons (Fsp3) is 0.167. The Labute approximate surface area is 159 Å². The number of anilines is 1. The van der Waals surface area contributed by atoms with Gasteiger partial charge in [0, 0.05) is 25.0 Å². The Hall–Kier alpha value is -3.13. The van der Waals surface area contributed by atoms with Crippen molar-refractivity contribution in [2.45, 2.75) is 6.92 Å². The van der Waals surface area contributed by atoms with E-state index in [-0.39, 0.29) is 34.2 Å². The number of aromatic amines is 1. The molecule has 9 heteroatoms. The first kappa shape index (κ1) is 18.7. The van der Waals surface area contributed by atoms with Crippen molar-refractivity contribution in [2.24, 2.45) is 7.05 Å². The molecule has 3 rings (SSSR count). The number of carbonyl (C=O) groups excluding carboxylic acids is 2. The highest BCUT2D eigenvalue weighted by atomic mass is 35.5. The van der Waals surface area contributed by atoms with Gasteiger partial charge in [-0.25, -0.2) is 4.39 Å². The summed E-state index contributed by atoms with van der Waals surface area (Å²) in [5.74, 6) is -2.01. The van der Waals surface area contributed by atoms with Gasteiger partial charge >= 0.3 is 0 Å². The number of hydrogen-bond acceptors (Lipinski definition) is 4. The second-order valence-corrected chi connectivity index (χ2v) is 6.06. The summed E-state index contributed by atoms with van der Waals surface area (Å²) < 4.78 is 21.3. The number of ketones is 1. The van der Waals surface area contributed by atoms with Gasteiger partial charge in [-0.05, 0) is 25.1 Å². The summed E-state index contributed by atoms with van der Waals surface area (Å²) in [4.78, 5) is 27.7. The molecule has 0 spiro atoms. The quantitative estimate of drug-likeness (QED) is 0.631. The summed E-state index contributed by atoms with van der Waals surface area (Å²) in [6, 6.07) is 4.09. The molecule has 2 N–H and O–H groups in total. The first-order valence-electron chi connectivity index (χ1n) is 8.04. The third-order valence-corrected chi connectivity index (χ3v) is 4.05. The van der Waals surface area contributed by atoms with Gasteiger partial charge in [0.15, 0.2) is 17.3 Å². The van der Waals surface area contributed by atoms with Crippen molar-refractivity contribution in [3.05, 3.63) is 64.5 Å². The lowest BCUT2D eigenvalue weighted by molar-refractivity contribution is 0.102. The summed E-state index contributed by atoms with van der Waals surface area (Å²) in [7, 11) is 1.72. The van der Waals surface area contributed by atoms with Crippen molar-refractivity contribution < 1.29 is 18.7 Å². The average molecular weight is 391 g/mol. The van der Waals surface area contributed by atoms with E-state index in [2.05, 4.69) is 15.4 Å². The molecule has 1 amide bonds. The zero-order valence-electron chi connectivity index (χ0n) is 14.5. The standard InChI is InChI=1S/C18H16ClFN4O3/c1-3-27-14-5-4-12(19)15(16(14)20)17(25)10-6-13(21-7-10)18(26)23-11-8-22-24(2)9-11/h4-9,21H,3H2,1-2H3,(H,23,26). The molecule has 3 aromatic rings. The molecule has 7 nitrogen and oxygen atoms in total. The number of benzene rings is 1. The second-order valence-electron chi connectivity index (χ2n) is 5.66. The highest BCUT2D eigenvalue weighted by Gasteiger charge is 2.23. The van der Waals surface area contributed by atoms with E-state index in [0.29, 0.717) is 5.69 Å². The molecule has 0 radical (unpaired) electrons. The molecule has 0 unspecified atom stereocenters. The zero-order chi connectivity index (χ0) is 19.6. The highest BCUT2D eigenvalue weighted by molar-refractivity contribution is 6.35. The number of aromatic nitrogens is 3. The van der Waals surface area contributed by atoms with E-state index < -0.39 is 17.5 Å². The summed E-state index contributed by atoms with van der Waals surface area (Å²) in [6.45, 7) is 1.95. The second kappa shape index (κ2) is 7.63. The normalized spacial score (nSPS) is 10.7. The summed E-state index contributed by atoms with van der Waals surface area (Å²) in [6.07, 6.45) is 4.44. The number of nitrogens with zero attached hydrogens (tertiary/aromatic N) is 2. The van der Waals surface area contributed by atoms with Crippen LogP contribution in [-0.2, 0) is 7.05 Å². The van der Waals surface area contributed by atoms with E-state index in [0.717, 1.165) is 0 Å². The molecule has 0 aliphatic carbocycles. The van der Waals surface area contributed by atoms with Crippen LogP contribution in [0.5, 0.6) is 5.75 Å². The molecule has 140 valence electrons. The number of nitrogens with one attached hydrogen (secondary N) is 2. The Morgan fingerprint density at radius 2 is 2.19 bits per heavy atom. The maximum atomic E-state index is 14.6. The topological polar surface area (TPSA) is 89.0 Å². The number of carbonyl (C=O) groups is 2. The van der Waals surface area contributed by atoms with Crippen LogP contribution in [0, 0.1) is 5.82 Å². The highest BCUT2D eigenvalue weighted by Crippen LogP contribution is 2.29. The Morgan fingerprint density at radius 3 is 2.85 bits per heavy atom. The smallest absolute Gasteiger partial charge is 0.272 e. The van der Waals surface area contributed by atoms with Gasteiger partial charge in [-0.3, -0.25) is 14.3 Å². The Bertz CT molecular complexity index is 1010.